The predicted molar refractivity (Wildman–Crippen MR) is 130 cm³/mol. The van der Waals surface area contributed by atoms with Crippen molar-refractivity contribution in [3.63, 3.8) is 0 Å². The second-order valence-corrected chi connectivity index (χ2v) is 11.6. The van der Waals surface area contributed by atoms with E-state index in [1.807, 2.05) is 6.07 Å². The van der Waals surface area contributed by atoms with Crippen molar-refractivity contribution < 1.29 is 13.2 Å². The van der Waals surface area contributed by atoms with Crippen LogP contribution < -0.4 is 9.62 Å². The third-order valence-corrected chi connectivity index (χ3v) is 8.72. The van der Waals surface area contributed by atoms with Crippen LogP contribution in [0.25, 0.3) is 0 Å². The average Bonchev–Trinajstić information content (AvgIpc) is 3.09. The summed E-state index contributed by atoms with van der Waals surface area (Å²) < 4.78 is 28.8. The number of hydrogen-bond acceptors (Lipinski definition) is 5. The van der Waals surface area contributed by atoms with E-state index >= 15 is 0 Å². The lowest BCUT2D eigenvalue weighted by molar-refractivity contribution is -0.116. The van der Waals surface area contributed by atoms with Crippen LogP contribution in [0.4, 0.5) is 5.69 Å². The number of carbonyl (C=O) groups is 1. The van der Waals surface area contributed by atoms with Gasteiger partial charge in [-0.05, 0) is 61.7 Å². The molecule has 0 saturated carbocycles. The Morgan fingerprint density at radius 1 is 1.16 bits per heavy atom. The van der Waals surface area contributed by atoms with Gasteiger partial charge in [0.1, 0.15) is 0 Å². The lowest BCUT2D eigenvalue weighted by atomic mass is 10.1. The summed E-state index contributed by atoms with van der Waals surface area (Å²) in [6, 6.07) is 13.7. The summed E-state index contributed by atoms with van der Waals surface area (Å²) in [7, 11) is -3.64. The number of likely N-dealkylation sites (tertiary alicyclic amines) is 1. The molecule has 1 N–H and O–H groups in total. The molecule has 2 heterocycles. The number of amides is 1. The van der Waals surface area contributed by atoms with Crippen LogP contribution in [-0.2, 0) is 21.4 Å². The number of sulfonamides is 1. The molecule has 6 nitrogen and oxygen atoms in total. The van der Waals surface area contributed by atoms with Crippen molar-refractivity contribution in [2.45, 2.75) is 43.0 Å². The highest BCUT2D eigenvalue weighted by Crippen LogP contribution is 2.35. The van der Waals surface area contributed by atoms with Gasteiger partial charge in [0.05, 0.1) is 10.6 Å². The van der Waals surface area contributed by atoms with Crippen molar-refractivity contribution in [1.82, 2.24) is 9.62 Å². The molecule has 8 heteroatoms. The minimum atomic E-state index is -3.64. The van der Waals surface area contributed by atoms with Crippen molar-refractivity contribution in [1.29, 1.82) is 0 Å². The van der Waals surface area contributed by atoms with E-state index in [9.17, 15) is 13.2 Å². The Labute approximate surface area is 195 Å². The lowest BCUT2D eigenvalue weighted by Gasteiger charge is -2.21. The normalized spacial score (nSPS) is 19.6. The topological polar surface area (TPSA) is 69.7 Å². The first kappa shape index (κ1) is 23.3. The fourth-order valence-electron chi connectivity index (χ4n) is 4.34. The Balaban J connectivity index is 1.38. The largest absolute Gasteiger partial charge is 0.311 e. The molecule has 2 aromatic rings. The first-order valence-corrected chi connectivity index (χ1v) is 13.6. The highest BCUT2D eigenvalue weighted by Gasteiger charge is 2.26. The Morgan fingerprint density at radius 2 is 1.94 bits per heavy atom. The number of benzene rings is 2. The number of anilines is 1. The molecule has 1 saturated heterocycles. The minimum Gasteiger partial charge on any atom is -0.311 e. The Bertz CT molecular complexity index is 1070. The van der Waals surface area contributed by atoms with Crippen LogP contribution in [0.3, 0.4) is 0 Å². The number of nitrogens with zero attached hydrogens (tertiary/aromatic N) is 2. The molecule has 1 atom stereocenters. The van der Waals surface area contributed by atoms with Crippen LogP contribution in [0, 0.1) is 12.8 Å². The molecule has 1 amide bonds. The fourth-order valence-corrected chi connectivity index (χ4v) is 6.45. The van der Waals surface area contributed by atoms with Crippen LogP contribution in [0.5, 0.6) is 0 Å². The van der Waals surface area contributed by atoms with Crippen molar-refractivity contribution in [2.75, 3.05) is 36.8 Å². The van der Waals surface area contributed by atoms with Crippen molar-refractivity contribution in [3.8, 4) is 0 Å². The highest BCUT2D eigenvalue weighted by molar-refractivity contribution is 7.99. The summed E-state index contributed by atoms with van der Waals surface area (Å²) >= 11 is 1.67. The second-order valence-electron chi connectivity index (χ2n) is 8.73. The SMILES string of the molecule is CC(=O)N1CCCSc2ccc(S(=O)(=O)NC[C@H]3CCN(Cc4ccc(C)cc4)C3)cc21. The van der Waals surface area contributed by atoms with Crippen LogP contribution in [-0.4, -0.2) is 51.2 Å². The van der Waals surface area contributed by atoms with Crippen LogP contribution in [0.2, 0.25) is 0 Å². The molecule has 0 aliphatic carbocycles. The zero-order valence-electron chi connectivity index (χ0n) is 18.7. The van der Waals surface area contributed by atoms with E-state index in [4.69, 9.17) is 0 Å². The maximum atomic E-state index is 13.0. The smallest absolute Gasteiger partial charge is 0.240 e. The van der Waals surface area contributed by atoms with E-state index in [0.29, 0.717) is 24.7 Å². The monoisotopic (exact) mass is 473 g/mol. The first-order valence-electron chi connectivity index (χ1n) is 11.1. The van der Waals surface area contributed by atoms with Gasteiger partial charge in [-0.25, -0.2) is 13.1 Å². The van der Waals surface area contributed by atoms with Gasteiger partial charge < -0.3 is 4.90 Å². The van der Waals surface area contributed by atoms with E-state index in [-0.39, 0.29) is 10.8 Å². The summed E-state index contributed by atoms with van der Waals surface area (Å²) in [6.07, 6.45) is 1.87. The van der Waals surface area contributed by atoms with Crippen molar-refractivity contribution >= 4 is 33.4 Å². The van der Waals surface area contributed by atoms with E-state index in [0.717, 1.165) is 43.1 Å². The average molecular weight is 474 g/mol. The molecule has 0 unspecified atom stereocenters. The second kappa shape index (κ2) is 9.95. The van der Waals surface area contributed by atoms with Gasteiger partial charge in [0.25, 0.3) is 0 Å². The van der Waals surface area contributed by atoms with E-state index < -0.39 is 10.0 Å². The summed E-state index contributed by atoms with van der Waals surface area (Å²) in [5, 5.41) is 0. The number of rotatable bonds is 6. The minimum absolute atomic E-state index is 0.0594. The van der Waals surface area contributed by atoms with Gasteiger partial charge >= 0.3 is 0 Å². The van der Waals surface area contributed by atoms with Crippen molar-refractivity contribution in [3.05, 3.63) is 53.6 Å². The number of hydrogen-bond donors (Lipinski definition) is 1. The summed E-state index contributed by atoms with van der Waals surface area (Å²) in [5.74, 6) is 1.15. The number of fused-ring (bicyclic) bond motifs is 1. The van der Waals surface area contributed by atoms with E-state index in [1.54, 1.807) is 28.8 Å². The van der Waals surface area contributed by atoms with Crippen LogP contribution >= 0.6 is 11.8 Å². The van der Waals surface area contributed by atoms with Gasteiger partial charge in [-0.15, -0.1) is 11.8 Å². The standard InChI is InChI=1S/C24H31N3O3S2/c1-18-4-6-20(7-5-18)16-26-12-10-21(17-26)15-25-32(29,30)22-8-9-24-23(14-22)27(19(2)28)11-3-13-31-24/h4-9,14,21,25H,3,10-13,15-17H2,1-2H3/t21-/m1/s1. The first-order chi connectivity index (χ1) is 15.3. The van der Waals surface area contributed by atoms with Gasteiger partial charge in [-0.2, -0.15) is 0 Å². The van der Waals surface area contributed by atoms with Gasteiger partial charge in [0, 0.05) is 38.0 Å². The maximum absolute atomic E-state index is 13.0. The van der Waals surface area contributed by atoms with Gasteiger partial charge in [0.2, 0.25) is 15.9 Å². The summed E-state index contributed by atoms with van der Waals surface area (Å²) in [6.45, 7) is 7.41. The highest BCUT2D eigenvalue weighted by atomic mass is 32.2. The molecular formula is C24H31N3O3S2. The zero-order chi connectivity index (χ0) is 22.7. The quantitative estimate of drug-likeness (QED) is 0.694. The summed E-state index contributed by atoms with van der Waals surface area (Å²) in [4.78, 5) is 17.4. The molecule has 0 bridgehead atoms. The van der Waals surface area contributed by atoms with Crippen LogP contribution in [0.1, 0.15) is 30.9 Å². The Hall–Kier alpha value is -1.87. The van der Waals surface area contributed by atoms with E-state index in [2.05, 4.69) is 40.8 Å². The van der Waals surface area contributed by atoms with Crippen molar-refractivity contribution in [2.24, 2.45) is 5.92 Å². The van der Waals surface area contributed by atoms with Gasteiger partial charge in [-0.1, -0.05) is 29.8 Å². The zero-order valence-corrected chi connectivity index (χ0v) is 20.3. The molecule has 2 aromatic carbocycles. The number of carbonyl (C=O) groups excluding carboxylic acids is 1. The summed E-state index contributed by atoms with van der Waals surface area (Å²) in [5.41, 5.74) is 3.24. The molecule has 0 aromatic heterocycles. The number of thioether (sulfide) groups is 1. The molecule has 0 radical (unpaired) electrons. The van der Waals surface area contributed by atoms with E-state index in [1.165, 1.54) is 18.1 Å². The van der Waals surface area contributed by atoms with Gasteiger partial charge in [-0.3, -0.25) is 9.69 Å². The number of nitrogens with one attached hydrogen (secondary N) is 1. The molecular weight excluding hydrogens is 442 g/mol. The third kappa shape index (κ3) is 5.54. The Kier molecular flexibility index (Phi) is 7.24. The molecule has 0 spiro atoms. The lowest BCUT2D eigenvalue weighted by Crippen LogP contribution is -2.32. The van der Waals surface area contributed by atoms with Crippen LogP contribution in [0.15, 0.2) is 52.3 Å². The van der Waals surface area contributed by atoms with Gasteiger partial charge in [0.15, 0.2) is 0 Å². The molecule has 2 aliphatic heterocycles. The maximum Gasteiger partial charge on any atom is 0.240 e. The number of aryl methyl sites for hydroxylation is 1. The third-order valence-electron chi connectivity index (χ3n) is 6.15. The molecule has 1 fully saturated rings. The fraction of sp³-hybridized carbons (Fsp3) is 0.458. The Morgan fingerprint density at radius 3 is 2.69 bits per heavy atom. The predicted octanol–water partition coefficient (Wildman–Crippen LogP) is 3.64. The molecule has 172 valence electrons. The molecule has 2 aliphatic rings. The molecule has 32 heavy (non-hydrogen) atoms. The molecule has 4 rings (SSSR count).